The number of nitrogens with two attached hydrogens (primary N) is 1. The monoisotopic (exact) mass is 336 g/mol. The Hall–Kier alpha value is -1.68. The quantitative estimate of drug-likeness (QED) is 0.165. The largest absolute Gasteiger partial charge is 0.504 e. The summed E-state index contributed by atoms with van der Waals surface area (Å²) >= 11 is 0. The standard InChI is InChI=1S/C11H17N2O8P/c1-6(11(15)16)10(13-12)7-2-3-9(8(14)4-7)20-5-21-22(17,18)19/h2-4,6,10,13-14H,5,12H2,1H3,(H,15,16)(H2,17,18,19)/t6?,10-/m0/s1. The number of aliphatic carboxylic acids is 1. The smallest absolute Gasteiger partial charge is 0.472 e. The summed E-state index contributed by atoms with van der Waals surface area (Å²) in [7, 11) is -4.67. The Morgan fingerprint density at radius 2 is 2.09 bits per heavy atom. The van der Waals surface area contributed by atoms with Crippen LogP contribution >= 0.6 is 7.82 Å². The molecule has 0 aliphatic rings. The Balaban J connectivity index is 2.84. The van der Waals surface area contributed by atoms with Crippen LogP contribution in [-0.4, -0.2) is 32.8 Å². The van der Waals surface area contributed by atoms with E-state index in [0.29, 0.717) is 5.56 Å². The van der Waals surface area contributed by atoms with Crippen LogP contribution in [0, 0.1) is 5.92 Å². The lowest BCUT2D eigenvalue weighted by atomic mass is 9.95. The highest BCUT2D eigenvalue weighted by Gasteiger charge is 2.25. The van der Waals surface area contributed by atoms with Crippen molar-refractivity contribution >= 4 is 13.8 Å². The summed E-state index contributed by atoms with van der Waals surface area (Å²) in [6, 6.07) is 3.24. The number of aromatic hydroxyl groups is 1. The molecule has 0 heterocycles. The molecule has 1 aromatic carbocycles. The van der Waals surface area contributed by atoms with E-state index in [2.05, 4.69) is 9.95 Å². The molecule has 22 heavy (non-hydrogen) atoms. The zero-order chi connectivity index (χ0) is 16.9. The molecule has 0 fully saturated rings. The molecule has 2 atom stereocenters. The van der Waals surface area contributed by atoms with Gasteiger partial charge < -0.3 is 24.7 Å². The maximum absolute atomic E-state index is 11.0. The van der Waals surface area contributed by atoms with E-state index in [1.165, 1.54) is 25.1 Å². The van der Waals surface area contributed by atoms with Crippen molar-refractivity contribution in [2.75, 3.05) is 6.79 Å². The summed E-state index contributed by atoms with van der Waals surface area (Å²) in [5, 5.41) is 18.8. The third-order valence-corrected chi connectivity index (χ3v) is 3.29. The van der Waals surface area contributed by atoms with Gasteiger partial charge in [0, 0.05) is 0 Å². The molecular weight excluding hydrogens is 319 g/mol. The van der Waals surface area contributed by atoms with Crippen LogP contribution in [0.15, 0.2) is 18.2 Å². The average Bonchev–Trinajstić information content (AvgIpc) is 2.40. The van der Waals surface area contributed by atoms with Gasteiger partial charge in [0.2, 0.25) is 6.79 Å². The molecule has 1 rings (SSSR count). The van der Waals surface area contributed by atoms with E-state index in [1.54, 1.807) is 0 Å². The summed E-state index contributed by atoms with van der Waals surface area (Å²) in [6.07, 6.45) is 0. The number of phosphoric ester groups is 1. The number of hydrazine groups is 1. The van der Waals surface area contributed by atoms with Gasteiger partial charge in [0.25, 0.3) is 0 Å². The number of phenols is 1. The van der Waals surface area contributed by atoms with Gasteiger partial charge in [0.05, 0.1) is 12.0 Å². The van der Waals surface area contributed by atoms with Crippen LogP contribution in [0.3, 0.4) is 0 Å². The van der Waals surface area contributed by atoms with Gasteiger partial charge >= 0.3 is 13.8 Å². The summed E-state index contributed by atoms with van der Waals surface area (Å²) in [5.41, 5.74) is 2.75. The Labute approximate surface area is 125 Å². The van der Waals surface area contributed by atoms with Crippen molar-refractivity contribution in [3.8, 4) is 11.5 Å². The lowest BCUT2D eigenvalue weighted by molar-refractivity contribution is -0.142. The number of carboxylic acids is 1. The molecule has 0 saturated heterocycles. The van der Waals surface area contributed by atoms with E-state index in [9.17, 15) is 14.5 Å². The van der Waals surface area contributed by atoms with Crippen LogP contribution in [0.1, 0.15) is 18.5 Å². The average molecular weight is 336 g/mol. The van der Waals surface area contributed by atoms with Gasteiger partial charge in [-0.2, -0.15) is 0 Å². The molecule has 11 heteroatoms. The van der Waals surface area contributed by atoms with Crippen molar-refractivity contribution in [1.29, 1.82) is 0 Å². The number of rotatable bonds is 8. The Morgan fingerprint density at radius 1 is 1.45 bits per heavy atom. The number of phosphoric acid groups is 1. The summed E-state index contributed by atoms with van der Waals surface area (Å²) < 4.78 is 19.4. The zero-order valence-electron chi connectivity index (χ0n) is 11.5. The second kappa shape index (κ2) is 7.54. The molecule has 0 spiro atoms. The van der Waals surface area contributed by atoms with Gasteiger partial charge in [-0.1, -0.05) is 13.0 Å². The van der Waals surface area contributed by atoms with Crippen molar-refractivity contribution in [3.05, 3.63) is 23.8 Å². The Bertz CT molecular complexity index is 575. The maximum atomic E-state index is 11.0. The van der Waals surface area contributed by atoms with Crippen molar-refractivity contribution in [2.45, 2.75) is 13.0 Å². The van der Waals surface area contributed by atoms with Crippen molar-refractivity contribution < 1.29 is 38.6 Å². The van der Waals surface area contributed by atoms with Crippen molar-refractivity contribution in [3.63, 3.8) is 0 Å². The molecule has 1 unspecified atom stereocenters. The summed E-state index contributed by atoms with van der Waals surface area (Å²) in [4.78, 5) is 28.0. The molecular formula is C11H17N2O8P. The minimum absolute atomic E-state index is 0.0871. The molecule has 7 N–H and O–H groups in total. The zero-order valence-corrected chi connectivity index (χ0v) is 12.4. The number of phenolic OH excluding ortho intramolecular Hbond substituents is 1. The van der Waals surface area contributed by atoms with Gasteiger partial charge in [-0.3, -0.25) is 16.1 Å². The van der Waals surface area contributed by atoms with Gasteiger partial charge in [-0.15, -0.1) is 0 Å². The van der Waals surface area contributed by atoms with Gasteiger partial charge in [0.1, 0.15) is 0 Å². The van der Waals surface area contributed by atoms with Gasteiger partial charge in [-0.05, 0) is 17.7 Å². The number of hydrogen-bond donors (Lipinski definition) is 6. The third-order valence-electron chi connectivity index (χ3n) is 2.85. The number of benzene rings is 1. The molecule has 0 amide bonds. The first-order valence-corrected chi connectivity index (χ1v) is 7.53. The lowest BCUT2D eigenvalue weighted by Gasteiger charge is -2.21. The normalized spacial score (nSPS) is 14.4. The van der Waals surface area contributed by atoms with Crippen LogP contribution < -0.4 is 16.0 Å². The molecule has 124 valence electrons. The first-order valence-electron chi connectivity index (χ1n) is 6.00. The van der Waals surface area contributed by atoms with Crippen molar-refractivity contribution in [2.24, 2.45) is 11.8 Å². The van der Waals surface area contributed by atoms with Crippen LogP contribution in [0.2, 0.25) is 0 Å². The van der Waals surface area contributed by atoms with Gasteiger partial charge in [0.15, 0.2) is 11.5 Å². The SMILES string of the molecule is CC(C(=O)O)[C@H](NN)c1ccc(OCOP(=O)(O)O)c(O)c1. The Kier molecular flexibility index (Phi) is 6.30. The number of carbonyl (C=O) groups is 1. The van der Waals surface area contributed by atoms with Crippen LogP contribution in [0.4, 0.5) is 0 Å². The van der Waals surface area contributed by atoms with Gasteiger partial charge in [-0.25, -0.2) is 9.09 Å². The first kappa shape index (κ1) is 18.4. The van der Waals surface area contributed by atoms with E-state index in [0.717, 1.165) is 0 Å². The van der Waals surface area contributed by atoms with Crippen LogP contribution in [-0.2, 0) is 13.9 Å². The van der Waals surface area contributed by atoms with E-state index >= 15 is 0 Å². The molecule has 0 radical (unpaired) electrons. The van der Waals surface area contributed by atoms with E-state index in [1.807, 2.05) is 0 Å². The number of ether oxygens (including phenoxy) is 1. The fraction of sp³-hybridized carbons (Fsp3) is 0.364. The fourth-order valence-corrected chi connectivity index (χ4v) is 1.87. The topological polar surface area (TPSA) is 172 Å². The maximum Gasteiger partial charge on any atom is 0.472 e. The first-order chi connectivity index (χ1) is 10.2. The minimum Gasteiger partial charge on any atom is -0.504 e. The van der Waals surface area contributed by atoms with Crippen LogP contribution in [0.25, 0.3) is 0 Å². The second-order valence-electron chi connectivity index (χ2n) is 4.38. The summed E-state index contributed by atoms with van der Waals surface area (Å²) in [6.45, 7) is 0.684. The molecule has 1 aromatic rings. The van der Waals surface area contributed by atoms with E-state index in [4.69, 9.17) is 25.5 Å². The van der Waals surface area contributed by atoms with E-state index in [-0.39, 0.29) is 11.5 Å². The minimum atomic E-state index is -4.67. The second-order valence-corrected chi connectivity index (χ2v) is 5.62. The third kappa shape index (κ3) is 5.26. The molecule has 10 nitrogen and oxygen atoms in total. The predicted octanol–water partition coefficient (Wildman–Crippen LogP) is 0.0629. The molecule has 0 bridgehead atoms. The fourth-order valence-electron chi connectivity index (χ4n) is 1.68. The molecule has 0 saturated carbocycles. The molecule has 0 aliphatic heterocycles. The number of hydrogen-bond acceptors (Lipinski definition) is 7. The highest BCUT2D eigenvalue weighted by Crippen LogP contribution is 2.37. The van der Waals surface area contributed by atoms with E-state index < -0.39 is 32.5 Å². The van der Waals surface area contributed by atoms with Crippen LogP contribution in [0.5, 0.6) is 11.5 Å². The lowest BCUT2D eigenvalue weighted by Crippen LogP contribution is -2.35. The highest BCUT2D eigenvalue weighted by atomic mass is 31.2. The highest BCUT2D eigenvalue weighted by molar-refractivity contribution is 7.46. The summed E-state index contributed by atoms with van der Waals surface area (Å²) in [5.74, 6) is 2.96. The molecule has 0 aliphatic carbocycles. The molecule has 0 aromatic heterocycles. The number of carboxylic acid groups (broad SMARTS) is 1. The van der Waals surface area contributed by atoms with Crippen molar-refractivity contribution in [1.82, 2.24) is 5.43 Å². The number of nitrogens with one attached hydrogen (secondary N) is 1. The Morgan fingerprint density at radius 3 is 2.55 bits per heavy atom. The predicted molar refractivity (Wildman–Crippen MR) is 73.6 cm³/mol.